The van der Waals surface area contributed by atoms with Crippen LogP contribution in [0.5, 0.6) is 5.75 Å². The lowest BCUT2D eigenvalue weighted by atomic mass is 10.1. The van der Waals surface area contributed by atoms with Gasteiger partial charge in [0.2, 0.25) is 5.91 Å². The monoisotopic (exact) mass is 520 g/mol. The van der Waals surface area contributed by atoms with E-state index < -0.39 is 5.82 Å². The minimum Gasteiger partial charge on any atom is -0.486 e. The van der Waals surface area contributed by atoms with E-state index in [1.54, 1.807) is 15.9 Å². The lowest BCUT2D eigenvalue weighted by Crippen LogP contribution is -2.49. The Hall–Kier alpha value is -2.65. The summed E-state index contributed by atoms with van der Waals surface area (Å²) in [4.78, 5) is 33.9. The van der Waals surface area contributed by atoms with Gasteiger partial charge in [0, 0.05) is 50.3 Å². The fourth-order valence-corrected chi connectivity index (χ4v) is 5.29. The van der Waals surface area contributed by atoms with E-state index in [2.05, 4.69) is 4.99 Å². The van der Waals surface area contributed by atoms with E-state index in [0.29, 0.717) is 51.9 Å². The van der Waals surface area contributed by atoms with Crippen LogP contribution < -0.4 is 10.5 Å². The van der Waals surface area contributed by atoms with Gasteiger partial charge in [-0.1, -0.05) is 17.7 Å². The van der Waals surface area contributed by atoms with Crippen molar-refractivity contribution >= 4 is 29.1 Å². The number of morpholine rings is 1. The normalized spacial score (nSPS) is 25.8. The van der Waals surface area contributed by atoms with Crippen LogP contribution in [0.2, 0.25) is 5.02 Å². The van der Waals surface area contributed by atoms with Crippen LogP contribution in [0.3, 0.4) is 0 Å². The van der Waals surface area contributed by atoms with Crippen LogP contribution in [-0.2, 0) is 14.3 Å². The largest absolute Gasteiger partial charge is 0.486 e. The smallest absolute Gasteiger partial charge is 0.270 e. The quantitative estimate of drug-likeness (QED) is 0.601. The lowest BCUT2D eigenvalue weighted by Gasteiger charge is -2.35. The number of carbonyl (C=O) groups is 2. The second-order valence-corrected chi connectivity index (χ2v) is 10.1. The summed E-state index contributed by atoms with van der Waals surface area (Å²) in [5.74, 6) is -0.710. The lowest BCUT2D eigenvalue weighted by molar-refractivity contribution is -0.139. The Morgan fingerprint density at radius 3 is 2.53 bits per heavy atom. The van der Waals surface area contributed by atoms with Crippen molar-refractivity contribution in [3.8, 4) is 5.75 Å². The maximum Gasteiger partial charge on any atom is 0.270 e. The second kappa shape index (κ2) is 11.6. The Bertz CT molecular complexity index is 1020. The van der Waals surface area contributed by atoms with Crippen molar-refractivity contribution in [2.45, 2.75) is 64.3 Å². The van der Waals surface area contributed by atoms with E-state index in [9.17, 15) is 14.0 Å². The van der Waals surface area contributed by atoms with Gasteiger partial charge in [-0.15, -0.1) is 0 Å². The van der Waals surface area contributed by atoms with Crippen LogP contribution in [-0.4, -0.2) is 78.4 Å². The summed E-state index contributed by atoms with van der Waals surface area (Å²) in [7, 11) is 0. The molecule has 1 aliphatic carbocycles. The number of piperidine rings is 1. The number of likely N-dealkylation sites (tertiary alicyclic amines) is 1. The summed E-state index contributed by atoms with van der Waals surface area (Å²) >= 11 is 6.06. The number of para-hydroxylation sites is 1. The van der Waals surface area contributed by atoms with E-state index in [4.69, 9.17) is 26.8 Å². The van der Waals surface area contributed by atoms with Crippen molar-refractivity contribution in [1.29, 1.82) is 0 Å². The Balaban J connectivity index is 1.32. The molecule has 10 heteroatoms. The zero-order valence-electron chi connectivity index (χ0n) is 20.8. The van der Waals surface area contributed by atoms with Crippen molar-refractivity contribution in [3.05, 3.63) is 40.3 Å². The van der Waals surface area contributed by atoms with Gasteiger partial charge < -0.3 is 25.0 Å². The molecule has 1 aromatic carbocycles. The van der Waals surface area contributed by atoms with Crippen LogP contribution in [0.4, 0.5) is 4.39 Å². The molecule has 2 N–H and O–H groups in total. The molecule has 2 atom stereocenters. The highest BCUT2D eigenvalue weighted by molar-refractivity contribution is 6.32. The molecule has 8 nitrogen and oxygen atoms in total. The Kier molecular flexibility index (Phi) is 8.51. The number of carbonyl (C=O) groups excluding carboxylic acids is 2. The van der Waals surface area contributed by atoms with E-state index in [0.717, 1.165) is 17.7 Å². The van der Waals surface area contributed by atoms with Gasteiger partial charge in [-0.2, -0.15) is 0 Å². The van der Waals surface area contributed by atoms with Gasteiger partial charge in [0.1, 0.15) is 18.3 Å². The molecule has 196 valence electrons. The molecule has 3 aliphatic rings. The van der Waals surface area contributed by atoms with Crippen molar-refractivity contribution in [1.82, 2.24) is 9.80 Å². The van der Waals surface area contributed by atoms with Crippen LogP contribution in [0, 0.1) is 5.82 Å². The molecule has 0 aromatic heterocycles. The predicted molar refractivity (Wildman–Crippen MR) is 136 cm³/mol. The van der Waals surface area contributed by atoms with E-state index in [1.807, 2.05) is 13.8 Å². The molecular formula is C26H34ClFN4O4. The summed E-state index contributed by atoms with van der Waals surface area (Å²) in [6.07, 6.45) is 3.11. The number of aliphatic imine (C=N–C) groups is 1. The Morgan fingerprint density at radius 2 is 1.86 bits per heavy atom. The summed E-state index contributed by atoms with van der Waals surface area (Å²) in [5, 5.41) is 0.236. The molecule has 3 fully saturated rings. The van der Waals surface area contributed by atoms with Gasteiger partial charge in [-0.05, 0) is 45.2 Å². The van der Waals surface area contributed by atoms with E-state index in [1.165, 1.54) is 12.1 Å². The summed E-state index contributed by atoms with van der Waals surface area (Å²) in [6.45, 7) is 5.90. The standard InChI is InChI=1S/C26H34ClFN4O4/c1-16-14-32(15-17(2)35-16)26(34)24(29)19-5-3-8-22(19)30-13-23(33)31-11-9-18(10-12-31)36-25-20(27)6-4-7-21(25)28/h4,6-7,16-18H,3,5,8-15,29H2,1-2H3/b24-19-,30-22?/t16-,17+. The number of hydrogen-bond donors (Lipinski definition) is 1. The van der Waals surface area contributed by atoms with E-state index >= 15 is 0 Å². The van der Waals surface area contributed by atoms with Crippen molar-refractivity contribution in [2.75, 3.05) is 32.7 Å². The number of ether oxygens (including phenoxy) is 2. The zero-order valence-corrected chi connectivity index (χ0v) is 21.6. The molecule has 2 amide bonds. The first-order valence-corrected chi connectivity index (χ1v) is 13.0. The third-order valence-electron chi connectivity index (χ3n) is 6.85. The van der Waals surface area contributed by atoms with Gasteiger partial charge in [0.25, 0.3) is 5.91 Å². The molecule has 1 saturated carbocycles. The number of nitrogens with zero attached hydrogens (tertiary/aromatic N) is 3. The van der Waals surface area contributed by atoms with Crippen LogP contribution in [0.1, 0.15) is 46.0 Å². The fraction of sp³-hybridized carbons (Fsp3) is 0.577. The van der Waals surface area contributed by atoms with Gasteiger partial charge in [-0.3, -0.25) is 14.6 Å². The second-order valence-electron chi connectivity index (χ2n) is 9.72. The van der Waals surface area contributed by atoms with Crippen LogP contribution in [0.15, 0.2) is 34.5 Å². The van der Waals surface area contributed by atoms with Crippen molar-refractivity contribution in [3.63, 3.8) is 0 Å². The highest BCUT2D eigenvalue weighted by Crippen LogP contribution is 2.30. The number of rotatable bonds is 5. The van der Waals surface area contributed by atoms with E-state index in [-0.39, 0.29) is 53.1 Å². The molecule has 0 bridgehead atoms. The van der Waals surface area contributed by atoms with Crippen LogP contribution in [0.25, 0.3) is 0 Å². The Labute approximate surface area is 216 Å². The highest BCUT2D eigenvalue weighted by Gasteiger charge is 2.30. The summed E-state index contributed by atoms with van der Waals surface area (Å²) in [6, 6.07) is 4.43. The molecular weight excluding hydrogens is 487 g/mol. The van der Waals surface area contributed by atoms with Crippen molar-refractivity contribution < 1.29 is 23.5 Å². The number of amides is 2. The fourth-order valence-electron chi connectivity index (χ4n) is 5.08. The van der Waals surface area contributed by atoms with Gasteiger partial charge in [0.05, 0.1) is 17.2 Å². The molecule has 2 saturated heterocycles. The summed E-state index contributed by atoms with van der Waals surface area (Å²) < 4.78 is 25.5. The zero-order chi connectivity index (χ0) is 25.8. The van der Waals surface area contributed by atoms with Gasteiger partial charge in [-0.25, -0.2) is 4.39 Å². The molecule has 0 spiro atoms. The van der Waals surface area contributed by atoms with Crippen LogP contribution >= 0.6 is 11.6 Å². The molecule has 4 rings (SSSR count). The minimum absolute atomic E-state index is 0.0105. The molecule has 0 radical (unpaired) electrons. The minimum atomic E-state index is -0.493. The molecule has 2 aliphatic heterocycles. The molecule has 2 heterocycles. The van der Waals surface area contributed by atoms with Gasteiger partial charge >= 0.3 is 0 Å². The maximum atomic E-state index is 14.0. The first-order chi connectivity index (χ1) is 17.2. The molecule has 36 heavy (non-hydrogen) atoms. The third kappa shape index (κ3) is 6.18. The summed E-state index contributed by atoms with van der Waals surface area (Å²) in [5.41, 5.74) is 8.04. The number of halogens is 2. The van der Waals surface area contributed by atoms with Gasteiger partial charge in [0.15, 0.2) is 11.6 Å². The maximum absolute atomic E-state index is 14.0. The SMILES string of the molecule is C[C@@H]1CN(C(=O)/C(N)=C2\CCCC2=NCC(=O)N2CCC(Oc3c(F)cccc3Cl)CC2)C[C@H](C)O1. The first-order valence-electron chi connectivity index (χ1n) is 12.6. The number of nitrogens with two attached hydrogens (primary N) is 1. The van der Waals surface area contributed by atoms with Crippen molar-refractivity contribution in [2.24, 2.45) is 10.7 Å². The average molecular weight is 521 g/mol. The third-order valence-corrected chi connectivity index (χ3v) is 7.15. The molecule has 0 unspecified atom stereocenters. The highest BCUT2D eigenvalue weighted by atomic mass is 35.5. The number of allylic oxidation sites excluding steroid dienone is 1. The molecule has 1 aromatic rings. The first kappa shape index (κ1) is 26.4. The topological polar surface area (TPSA) is 97.5 Å². The predicted octanol–water partition coefficient (Wildman–Crippen LogP) is 3.32. The number of hydrogen-bond acceptors (Lipinski definition) is 6. The Morgan fingerprint density at radius 1 is 1.17 bits per heavy atom. The number of benzene rings is 1. The average Bonchev–Trinajstić information content (AvgIpc) is 3.32.